The van der Waals surface area contributed by atoms with Crippen LogP contribution in [0.25, 0.3) is 11.1 Å². The van der Waals surface area contributed by atoms with E-state index in [1.54, 1.807) is 0 Å². The SMILES string of the molecule is C[C@@H]1c2ccccc2-c2ccccc2C[N@+]1(C)[C@@H](CO)c1ccccc1.[I-]. The first-order valence-electron chi connectivity index (χ1n) is 9.33. The monoisotopic (exact) mass is 471 g/mol. The van der Waals surface area contributed by atoms with Crippen LogP contribution in [-0.4, -0.2) is 23.2 Å². The number of aliphatic hydroxyl groups is 1. The van der Waals surface area contributed by atoms with Crippen LogP contribution in [0.15, 0.2) is 78.9 Å². The molecule has 0 saturated heterocycles. The average Bonchev–Trinajstić information content (AvgIpc) is 2.78. The molecule has 1 heterocycles. The maximum Gasteiger partial charge on any atom is 0.139 e. The Kier molecular flexibility index (Phi) is 6.04. The summed E-state index contributed by atoms with van der Waals surface area (Å²) < 4.78 is 0.758. The zero-order valence-corrected chi connectivity index (χ0v) is 18.0. The van der Waals surface area contributed by atoms with Crippen LogP contribution in [0, 0.1) is 0 Å². The van der Waals surface area contributed by atoms with Crippen molar-refractivity contribution in [3.8, 4) is 11.1 Å². The van der Waals surface area contributed by atoms with Crippen molar-refractivity contribution in [3.63, 3.8) is 0 Å². The molecular formula is C24H26INO. The number of likely N-dealkylation sites (N-methyl/N-ethyl adjacent to an activating group) is 1. The van der Waals surface area contributed by atoms with Crippen molar-refractivity contribution in [2.75, 3.05) is 13.7 Å². The van der Waals surface area contributed by atoms with Gasteiger partial charge >= 0.3 is 0 Å². The molecule has 0 amide bonds. The Morgan fingerprint density at radius 2 is 1.48 bits per heavy atom. The molecule has 0 bridgehead atoms. The third kappa shape index (κ3) is 3.44. The number of hydrogen-bond acceptors (Lipinski definition) is 1. The minimum atomic E-state index is 0. The molecule has 3 aromatic rings. The van der Waals surface area contributed by atoms with E-state index in [2.05, 4.69) is 86.8 Å². The first-order chi connectivity index (χ1) is 12.6. The smallest absolute Gasteiger partial charge is 0.139 e. The second kappa shape index (κ2) is 8.13. The minimum Gasteiger partial charge on any atom is -1.00 e. The van der Waals surface area contributed by atoms with Gasteiger partial charge in [-0.2, -0.15) is 0 Å². The summed E-state index contributed by atoms with van der Waals surface area (Å²) in [4.78, 5) is 0. The molecule has 0 unspecified atom stereocenters. The predicted molar refractivity (Wildman–Crippen MR) is 106 cm³/mol. The summed E-state index contributed by atoms with van der Waals surface area (Å²) in [7, 11) is 2.29. The van der Waals surface area contributed by atoms with Crippen LogP contribution in [-0.2, 0) is 6.54 Å². The summed E-state index contributed by atoms with van der Waals surface area (Å²) >= 11 is 0. The molecular weight excluding hydrogens is 445 g/mol. The van der Waals surface area contributed by atoms with Crippen LogP contribution in [0.2, 0.25) is 0 Å². The summed E-state index contributed by atoms with van der Waals surface area (Å²) in [5, 5.41) is 10.4. The molecule has 1 aliphatic heterocycles. The summed E-state index contributed by atoms with van der Waals surface area (Å²) in [6, 6.07) is 28.2. The Hall–Kier alpha value is -1.69. The van der Waals surface area contributed by atoms with Crippen LogP contribution < -0.4 is 24.0 Å². The van der Waals surface area contributed by atoms with Crippen molar-refractivity contribution < 1.29 is 33.6 Å². The van der Waals surface area contributed by atoms with Crippen LogP contribution >= 0.6 is 0 Å². The third-order valence-electron chi connectivity index (χ3n) is 6.18. The van der Waals surface area contributed by atoms with Crippen molar-refractivity contribution in [2.45, 2.75) is 25.6 Å². The molecule has 4 rings (SSSR count). The van der Waals surface area contributed by atoms with E-state index in [0.717, 1.165) is 11.0 Å². The molecule has 1 aliphatic rings. The van der Waals surface area contributed by atoms with Gasteiger partial charge in [-0.3, -0.25) is 0 Å². The van der Waals surface area contributed by atoms with Crippen molar-refractivity contribution in [2.24, 2.45) is 0 Å². The minimum absolute atomic E-state index is 0. The Morgan fingerprint density at radius 3 is 2.19 bits per heavy atom. The van der Waals surface area contributed by atoms with Gasteiger partial charge in [0.1, 0.15) is 18.6 Å². The van der Waals surface area contributed by atoms with E-state index in [4.69, 9.17) is 0 Å². The number of benzene rings is 3. The molecule has 0 fully saturated rings. The van der Waals surface area contributed by atoms with Gasteiger partial charge in [-0.05, 0) is 18.1 Å². The van der Waals surface area contributed by atoms with Crippen LogP contribution in [0.3, 0.4) is 0 Å². The van der Waals surface area contributed by atoms with Gasteiger partial charge in [0.2, 0.25) is 0 Å². The molecule has 0 radical (unpaired) electrons. The Labute approximate surface area is 179 Å². The average molecular weight is 471 g/mol. The maximum atomic E-state index is 10.4. The lowest BCUT2D eigenvalue weighted by Gasteiger charge is -2.45. The van der Waals surface area contributed by atoms with E-state index in [0.29, 0.717) is 0 Å². The van der Waals surface area contributed by atoms with E-state index in [9.17, 15) is 5.11 Å². The van der Waals surface area contributed by atoms with E-state index >= 15 is 0 Å². The maximum absolute atomic E-state index is 10.4. The predicted octanol–water partition coefficient (Wildman–Crippen LogP) is 2.11. The van der Waals surface area contributed by atoms with Crippen molar-refractivity contribution in [1.82, 2.24) is 0 Å². The molecule has 0 aliphatic carbocycles. The molecule has 3 heteroatoms. The van der Waals surface area contributed by atoms with Crippen molar-refractivity contribution in [1.29, 1.82) is 0 Å². The van der Waals surface area contributed by atoms with Crippen LogP contribution in [0.1, 0.15) is 35.7 Å². The molecule has 3 atom stereocenters. The first-order valence-corrected chi connectivity index (χ1v) is 9.33. The number of rotatable bonds is 3. The number of hydrogen-bond donors (Lipinski definition) is 1. The number of aliphatic hydroxyl groups excluding tert-OH is 1. The zero-order valence-electron chi connectivity index (χ0n) is 15.8. The second-order valence-electron chi connectivity index (χ2n) is 7.53. The fourth-order valence-corrected chi connectivity index (χ4v) is 4.54. The normalized spacial score (nSPS) is 22.0. The third-order valence-corrected chi connectivity index (χ3v) is 6.18. The fraction of sp³-hybridized carbons (Fsp3) is 0.250. The highest BCUT2D eigenvalue weighted by molar-refractivity contribution is 5.71. The molecule has 2 nitrogen and oxygen atoms in total. The Morgan fingerprint density at radius 1 is 0.889 bits per heavy atom. The lowest BCUT2D eigenvalue weighted by Crippen LogP contribution is -3.00. The number of nitrogens with zero attached hydrogens (tertiary/aromatic N) is 1. The van der Waals surface area contributed by atoms with E-state index < -0.39 is 0 Å². The van der Waals surface area contributed by atoms with E-state index in [1.807, 2.05) is 6.07 Å². The standard InChI is InChI=1S/C24H26NO.HI/c1-18-21-13-8-9-15-23(21)22-14-7-6-12-20(22)16-25(18,2)24(17-26)19-10-4-3-5-11-19;/h3-15,18,24,26H,16-17H2,1-2H3;1H/q+1;/p-1/t18-,24+,25+;/m1./s1. The topological polar surface area (TPSA) is 20.2 Å². The van der Waals surface area contributed by atoms with Crippen molar-refractivity contribution >= 4 is 0 Å². The summed E-state index contributed by atoms with van der Waals surface area (Å²) in [6.07, 6.45) is 0. The van der Waals surface area contributed by atoms with Gasteiger partial charge in [0.05, 0.1) is 13.7 Å². The van der Waals surface area contributed by atoms with Gasteiger partial charge < -0.3 is 33.6 Å². The number of fused-ring (bicyclic) bond motifs is 3. The summed E-state index contributed by atoms with van der Waals surface area (Å²) in [5.41, 5.74) is 6.54. The molecule has 140 valence electrons. The zero-order chi connectivity index (χ0) is 18.1. The highest BCUT2D eigenvalue weighted by Crippen LogP contribution is 2.46. The molecule has 0 aromatic heterocycles. The van der Waals surface area contributed by atoms with Gasteiger partial charge in [0, 0.05) is 16.7 Å². The number of halogens is 1. The van der Waals surface area contributed by atoms with Gasteiger partial charge in [-0.1, -0.05) is 78.9 Å². The molecule has 0 spiro atoms. The van der Waals surface area contributed by atoms with Crippen molar-refractivity contribution in [3.05, 3.63) is 95.6 Å². The van der Waals surface area contributed by atoms with Crippen LogP contribution in [0.4, 0.5) is 0 Å². The quantitative estimate of drug-likeness (QED) is 0.459. The van der Waals surface area contributed by atoms with E-state index in [-0.39, 0.29) is 42.7 Å². The van der Waals surface area contributed by atoms with Gasteiger partial charge in [-0.15, -0.1) is 0 Å². The molecule has 3 aromatic carbocycles. The lowest BCUT2D eigenvalue weighted by molar-refractivity contribution is -0.978. The molecule has 27 heavy (non-hydrogen) atoms. The largest absolute Gasteiger partial charge is 1.00 e. The highest BCUT2D eigenvalue weighted by Gasteiger charge is 2.42. The lowest BCUT2D eigenvalue weighted by atomic mass is 9.93. The van der Waals surface area contributed by atoms with Gasteiger partial charge in [-0.25, -0.2) is 0 Å². The van der Waals surface area contributed by atoms with Gasteiger partial charge in [0.15, 0.2) is 0 Å². The first kappa shape index (κ1) is 20.1. The van der Waals surface area contributed by atoms with Gasteiger partial charge in [0.25, 0.3) is 0 Å². The Bertz CT molecular complexity index is 911. The second-order valence-corrected chi connectivity index (χ2v) is 7.53. The Balaban J connectivity index is 0.00000210. The molecule has 0 saturated carbocycles. The fourth-order valence-electron chi connectivity index (χ4n) is 4.54. The summed E-state index contributed by atoms with van der Waals surface area (Å²) in [5.74, 6) is 0. The highest BCUT2D eigenvalue weighted by atomic mass is 127. The summed E-state index contributed by atoms with van der Waals surface area (Å²) in [6.45, 7) is 3.33. The van der Waals surface area contributed by atoms with E-state index in [1.165, 1.54) is 27.8 Å². The van der Waals surface area contributed by atoms with Crippen LogP contribution in [0.5, 0.6) is 0 Å². The number of quaternary nitrogens is 1. The molecule has 1 N–H and O–H groups in total.